The average molecular weight is 378 g/mol. The van der Waals surface area contributed by atoms with Crippen LogP contribution in [0, 0.1) is 0 Å². The number of benzene rings is 1. The van der Waals surface area contributed by atoms with Gasteiger partial charge in [0.2, 0.25) is 12.1 Å². The summed E-state index contributed by atoms with van der Waals surface area (Å²) in [6.45, 7) is 1.94. The third-order valence-electron chi connectivity index (χ3n) is 4.25. The molecule has 0 amide bonds. The molecule has 1 aromatic carbocycles. The molecule has 0 radical (unpaired) electrons. The maximum Gasteiger partial charge on any atom is 0.250 e. The molecule has 0 fully saturated rings. The molecule has 134 valence electrons. The molecule has 3 heterocycles. The van der Waals surface area contributed by atoms with Gasteiger partial charge in [-0.2, -0.15) is 9.67 Å². The molecule has 0 atom stereocenters. The Hall–Kier alpha value is -3.25. The number of nitrogens with zero attached hydrogens (tertiary/aromatic N) is 5. The van der Waals surface area contributed by atoms with Gasteiger partial charge in [0.05, 0.1) is 24.0 Å². The van der Waals surface area contributed by atoms with Crippen molar-refractivity contribution in [3.63, 3.8) is 0 Å². The van der Waals surface area contributed by atoms with Crippen LogP contribution in [-0.4, -0.2) is 20.2 Å². The Kier molecular flexibility index (Phi) is 4.56. The van der Waals surface area contributed by atoms with Crippen molar-refractivity contribution in [2.24, 2.45) is 12.1 Å². The van der Waals surface area contributed by atoms with Gasteiger partial charge < -0.3 is 0 Å². The fourth-order valence-corrected chi connectivity index (χ4v) is 2.93. The summed E-state index contributed by atoms with van der Waals surface area (Å²) in [6, 6.07) is 11.5. The summed E-state index contributed by atoms with van der Waals surface area (Å²) >= 11 is 6.04. The number of hydrogen-bond acceptors (Lipinski definition) is 4. The van der Waals surface area contributed by atoms with Gasteiger partial charge in [-0.25, -0.2) is 9.55 Å². The first kappa shape index (κ1) is 17.2. The molecule has 1 N–H and O–H groups in total. The van der Waals surface area contributed by atoms with E-state index in [4.69, 9.17) is 11.6 Å². The van der Waals surface area contributed by atoms with Crippen LogP contribution in [0.2, 0.25) is 5.02 Å². The molecule has 3 aromatic heterocycles. The van der Waals surface area contributed by atoms with Crippen LogP contribution in [0.3, 0.4) is 0 Å². The highest BCUT2D eigenvalue weighted by Crippen LogP contribution is 2.24. The van der Waals surface area contributed by atoms with Crippen molar-refractivity contribution in [1.82, 2.24) is 14.5 Å². The summed E-state index contributed by atoms with van der Waals surface area (Å²) < 4.78 is 3.93. The first-order valence-corrected chi connectivity index (χ1v) is 8.82. The number of hydrazone groups is 1. The van der Waals surface area contributed by atoms with E-state index in [1.165, 1.54) is 0 Å². The number of imidazole rings is 1. The summed E-state index contributed by atoms with van der Waals surface area (Å²) in [5, 5.41) is 6.13. The third kappa shape index (κ3) is 3.66. The van der Waals surface area contributed by atoms with Crippen LogP contribution in [0.5, 0.6) is 0 Å². The van der Waals surface area contributed by atoms with E-state index in [2.05, 4.69) is 20.5 Å². The Balaban J connectivity index is 1.56. The molecule has 0 saturated heterocycles. The fraction of sp³-hybridized carbons (Fsp3) is 0.100. The number of aryl methyl sites for hydroxylation is 1. The summed E-state index contributed by atoms with van der Waals surface area (Å²) in [4.78, 5) is 8.86. The zero-order valence-electron chi connectivity index (χ0n) is 15.0. The number of pyridine rings is 2. The molecule has 0 spiro atoms. The molecule has 6 nitrogen and oxygen atoms in total. The normalized spacial score (nSPS) is 11.7. The third-order valence-corrected chi connectivity index (χ3v) is 4.48. The number of fused-ring (bicyclic) bond motifs is 1. The van der Waals surface area contributed by atoms with Gasteiger partial charge in [0.25, 0.3) is 0 Å². The molecule has 7 heteroatoms. The van der Waals surface area contributed by atoms with Gasteiger partial charge in [-0.1, -0.05) is 11.6 Å². The maximum absolute atomic E-state index is 6.04. The molecule has 4 rings (SSSR count). The minimum atomic E-state index is 0.661. The molecule has 27 heavy (non-hydrogen) atoms. The van der Waals surface area contributed by atoms with Crippen LogP contribution in [0.25, 0.3) is 16.7 Å². The van der Waals surface area contributed by atoms with Gasteiger partial charge in [-0.05, 0) is 37.3 Å². The van der Waals surface area contributed by atoms with Gasteiger partial charge in [0, 0.05) is 34.4 Å². The number of anilines is 1. The lowest BCUT2D eigenvalue weighted by Crippen LogP contribution is -2.23. The molecule has 4 aromatic rings. The Morgan fingerprint density at radius 2 is 2.07 bits per heavy atom. The number of hydrogen-bond donors (Lipinski definition) is 1. The van der Waals surface area contributed by atoms with Crippen LogP contribution in [0.4, 0.5) is 5.69 Å². The second kappa shape index (κ2) is 7.17. The highest BCUT2D eigenvalue weighted by Gasteiger charge is 2.07. The predicted octanol–water partition coefficient (Wildman–Crippen LogP) is 3.73. The highest BCUT2D eigenvalue weighted by molar-refractivity contribution is 6.31. The van der Waals surface area contributed by atoms with Crippen molar-refractivity contribution in [3.8, 4) is 5.82 Å². The largest absolute Gasteiger partial charge is 0.277 e. The van der Waals surface area contributed by atoms with E-state index in [1.807, 2.05) is 84.4 Å². The zero-order valence-corrected chi connectivity index (χ0v) is 15.7. The zero-order chi connectivity index (χ0) is 18.8. The van der Waals surface area contributed by atoms with Gasteiger partial charge in [-0.15, -0.1) is 0 Å². The topological polar surface area (TPSA) is 59.0 Å². The summed E-state index contributed by atoms with van der Waals surface area (Å²) in [6.07, 6.45) is 9.45. The van der Waals surface area contributed by atoms with Crippen molar-refractivity contribution in [2.75, 3.05) is 5.43 Å². The summed E-state index contributed by atoms with van der Waals surface area (Å²) in [5.41, 5.74) is 6.61. The van der Waals surface area contributed by atoms with E-state index in [-0.39, 0.29) is 0 Å². The minimum Gasteiger partial charge on any atom is -0.277 e. The fourth-order valence-electron chi connectivity index (χ4n) is 2.77. The highest BCUT2D eigenvalue weighted by atomic mass is 35.5. The lowest BCUT2D eigenvalue weighted by molar-refractivity contribution is -0.670. The Morgan fingerprint density at radius 3 is 2.81 bits per heavy atom. The van der Waals surface area contributed by atoms with E-state index in [0.717, 1.165) is 33.7 Å². The first-order chi connectivity index (χ1) is 13.1. The quantitative estimate of drug-likeness (QED) is 0.335. The second-order valence-electron chi connectivity index (χ2n) is 6.22. The lowest BCUT2D eigenvalue weighted by Gasteiger charge is -2.07. The van der Waals surface area contributed by atoms with Crippen LogP contribution in [0.15, 0.2) is 72.6 Å². The SMILES string of the molecule is C/C(=N\Nc1ccnc2cc(Cl)ccc12)c1ccc(-n2cc[n+](C)c2)nc1. The van der Waals surface area contributed by atoms with E-state index >= 15 is 0 Å². The average Bonchev–Trinajstić information content (AvgIpc) is 3.12. The smallest absolute Gasteiger partial charge is 0.250 e. The molecule has 0 unspecified atom stereocenters. The Labute approximate surface area is 161 Å². The van der Waals surface area contributed by atoms with Crippen LogP contribution in [-0.2, 0) is 7.05 Å². The van der Waals surface area contributed by atoms with Crippen LogP contribution < -0.4 is 9.99 Å². The molecule has 0 aliphatic heterocycles. The maximum atomic E-state index is 6.04. The molecular formula is C20H18ClN6+. The number of halogens is 1. The van der Waals surface area contributed by atoms with Crippen molar-refractivity contribution >= 4 is 33.9 Å². The number of rotatable bonds is 4. The second-order valence-corrected chi connectivity index (χ2v) is 6.66. The lowest BCUT2D eigenvalue weighted by atomic mass is 10.2. The van der Waals surface area contributed by atoms with Gasteiger partial charge in [-0.3, -0.25) is 10.4 Å². The predicted molar refractivity (Wildman–Crippen MR) is 107 cm³/mol. The van der Waals surface area contributed by atoms with E-state index in [9.17, 15) is 0 Å². The van der Waals surface area contributed by atoms with Crippen molar-refractivity contribution in [3.05, 3.63) is 78.1 Å². The van der Waals surface area contributed by atoms with Gasteiger partial charge in [0.1, 0.15) is 12.4 Å². The molecule has 0 aliphatic carbocycles. The van der Waals surface area contributed by atoms with Crippen molar-refractivity contribution in [2.45, 2.75) is 6.92 Å². The van der Waals surface area contributed by atoms with Crippen LogP contribution >= 0.6 is 11.6 Å². The Bertz CT molecular complexity index is 1130. The van der Waals surface area contributed by atoms with Crippen molar-refractivity contribution in [1.29, 1.82) is 0 Å². The number of aromatic nitrogens is 4. The van der Waals surface area contributed by atoms with Gasteiger partial charge in [0.15, 0.2) is 0 Å². The van der Waals surface area contributed by atoms with E-state index in [1.54, 1.807) is 6.20 Å². The molecule has 0 aliphatic rings. The van der Waals surface area contributed by atoms with Crippen LogP contribution in [0.1, 0.15) is 12.5 Å². The van der Waals surface area contributed by atoms with E-state index in [0.29, 0.717) is 5.02 Å². The first-order valence-electron chi connectivity index (χ1n) is 8.45. The van der Waals surface area contributed by atoms with E-state index < -0.39 is 0 Å². The molecule has 0 saturated carbocycles. The molecular weight excluding hydrogens is 360 g/mol. The number of nitrogens with one attached hydrogen (secondary N) is 1. The molecule has 0 bridgehead atoms. The summed E-state index contributed by atoms with van der Waals surface area (Å²) in [5.74, 6) is 0.858. The summed E-state index contributed by atoms with van der Waals surface area (Å²) in [7, 11) is 1.98. The standard InChI is InChI=1S/C20H18ClN6/c1-14(15-3-6-20(23-12-15)27-10-9-26(2)13-27)24-25-18-7-8-22-19-11-16(21)4-5-17(18)19/h3-13H,1-2H3,(H,22,25)/q+1/b24-14+. The minimum absolute atomic E-state index is 0.661. The van der Waals surface area contributed by atoms with Crippen molar-refractivity contribution < 1.29 is 4.57 Å². The Morgan fingerprint density at radius 1 is 1.19 bits per heavy atom. The van der Waals surface area contributed by atoms with Gasteiger partial charge >= 0.3 is 0 Å². The monoisotopic (exact) mass is 377 g/mol.